The lowest BCUT2D eigenvalue weighted by Gasteiger charge is -2.33. The van der Waals surface area contributed by atoms with E-state index in [1.54, 1.807) is 36.3 Å². The summed E-state index contributed by atoms with van der Waals surface area (Å²) in [6, 6.07) is 7.69. The molecule has 31 heavy (non-hydrogen) atoms. The molecule has 0 saturated carbocycles. The topological polar surface area (TPSA) is 79.4 Å². The molecule has 2 aliphatic heterocycles. The molecule has 1 aliphatic carbocycles. The minimum Gasteiger partial charge on any atom is -0.465 e. The molecule has 2 unspecified atom stereocenters. The number of nitrogens with zero attached hydrogens (tertiary/aromatic N) is 3. The summed E-state index contributed by atoms with van der Waals surface area (Å²) in [6.07, 6.45) is 12.4. The zero-order valence-corrected chi connectivity index (χ0v) is 17.9. The van der Waals surface area contributed by atoms with E-state index < -0.39 is 0 Å². The molecule has 158 valence electrons. The molecule has 1 aromatic carbocycles. The Morgan fingerprint density at radius 2 is 2.10 bits per heavy atom. The largest absolute Gasteiger partial charge is 0.465 e. The summed E-state index contributed by atoms with van der Waals surface area (Å²) < 4.78 is 4.78. The van der Waals surface area contributed by atoms with E-state index in [9.17, 15) is 4.79 Å². The van der Waals surface area contributed by atoms with Crippen LogP contribution in [-0.2, 0) is 4.74 Å². The Balaban J connectivity index is 1.29. The molecular weight excluding hydrogens is 410 g/mol. The Kier molecular flexibility index (Phi) is 5.38. The molecule has 0 amide bonds. The van der Waals surface area contributed by atoms with Crippen LogP contribution in [0, 0.1) is 0 Å². The van der Waals surface area contributed by atoms with Gasteiger partial charge >= 0.3 is 5.97 Å². The van der Waals surface area contributed by atoms with Crippen molar-refractivity contribution in [2.24, 2.45) is 0 Å². The van der Waals surface area contributed by atoms with Gasteiger partial charge in [0, 0.05) is 38.2 Å². The maximum atomic E-state index is 11.7. The summed E-state index contributed by atoms with van der Waals surface area (Å²) in [5.41, 5.74) is 3.93. The summed E-state index contributed by atoms with van der Waals surface area (Å²) in [5.74, 6) is 0.538. The first-order valence-corrected chi connectivity index (χ1v) is 11.1. The monoisotopic (exact) mass is 433 g/mol. The highest BCUT2D eigenvalue weighted by Gasteiger charge is 2.29. The van der Waals surface area contributed by atoms with Crippen LogP contribution in [0.1, 0.15) is 15.9 Å². The van der Waals surface area contributed by atoms with E-state index in [-0.39, 0.29) is 12.0 Å². The number of fused-ring (bicyclic) bond motifs is 2. The van der Waals surface area contributed by atoms with Gasteiger partial charge < -0.3 is 20.3 Å². The molecule has 5 rings (SSSR count). The Morgan fingerprint density at radius 1 is 1.26 bits per heavy atom. The first-order valence-electron chi connectivity index (χ1n) is 10.2. The standard InChI is InChI=1S/C23H23N5O2S/c1-30-23(29)17-5-3-16(4-6-17)19-14-28(11-10-24-19)13-15-2-7-20-18(12-15)27-21-22(31-20)26-9-8-25-21/h2-9,12,14,18,20,24H,10-11,13H2,1H3,(H,25,27). The third-order valence-electron chi connectivity index (χ3n) is 5.49. The maximum absolute atomic E-state index is 11.7. The first kappa shape index (κ1) is 19.7. The highest BCUT2D eigenvalue weighted by Crippen LogP contribution is 2.37. The fraction of sp³-hybridized carbons (Fsp3) is 0.261. The molecule has 7 nitrogen and oxygen atoms in total. The van der Waals surface area contributed by atoms with Gasteiger partial charge in [-0.1, -0.05) is 42.1 Å². The number of nitrogens with one attached hydrogen (secondary N) is 2. The maximum Gasteiger partial charge on any atom is 0.337 e. The summed E-state index contributed by atoms with van der Waals surface area (Å²) in [7, 11) is 1.39. The predicted octanol–water partition coefficient (Wildman–Crippen LogP) is 2.92. The van der Waals surface area contributed by atoms with Crippen molar-refractivity contribution < 1.29 is 9.53 Å². The number of aromatic nitrogens is 2. The fourth-order valence-corrected chi connectivity index (χ4v) is 4.98. The average Bonchev–Trinajstić information content (AvgIpc) is 2.82. The van der Waals surface area contributed by atoms with E-state index in [0.29, 0.717) is 10.8 Å². The lowest BCUT2D eigenvalue weighted by molar-refractivity contribution is 0.0600. The number of methoxy groups -OCH3 is 1. The summed E-state index contributed by atoms with van der Waals surface area (Å²) >= 11 is 1.76. The van der Waals surface area contributed by atoms with Crippen LogP contribution in [0.2, 0.25) is 0 Å². The van der Waals surface area contributed by atoms with Crippen LogP contribution in [0.4, 0.5) is 5.82 Å². The molecule has 2 aromatic rings. The Bertz CT molecular complexity index is 1080. The molecule has 0 radical (unpaired) electrons. The third kappa shape index (κ3) is 4.16. The van der Waals surface area contributed by atoms with Crippen LogP contribution in [0.25, 0.3) is 5.70 Å². The number of esters is 1. The second-order valence-corrected chi connectivity index (χ2v) is 8.74. The van der Waals surface area contributed by atoms with Crippen molar-refractivity contribution in [1.82, 2.24) is 20.2 Å². The van der Waals surface area contributed by atoms with Gasteiger partial charge in [0.15, 0.2) is 5.82 Å². The number of anilines is 1. The number of thioether (sulfide) groups is 1. The van der Waals surface area contributed by atoms with E-state index in [2.05, 4.69) is 49.9 Å². The lowest BCUT2D eigenvalue weighted by atomic mass is 10.0. The number of carbonyl (C=O) groups excluding carboxylic acids is 1. The molecule has 2 N–H and O–H groups in total. The summed E-state index contributed by atoms with van der Waals surface area (Å²) in [5, 5.41) is 8.26. The average molecular weight is 434 g/mol. The lowest BCUT2D eigenvalue weighted by Crippen LogP contribution is -2.37. The summed E-state index contributed by atoms with van der Waals surface area (Å²) in [4.78, 5) is 22.8. The van der Waals surface area contributed by atoms with Gasteiger partial charge in [0.05, 0.1) is 29.7 Å². The van der Waals surface area contributed by atoms with Crippen molar-refractivity contribution in [2.75, 3.05) is 32.1 Å². The second-order valence-electron chi connectivity index (χ2n) is 7.57. The van der Waals surface area contributed by atoms with Crippen LogP contribution in [0.3, 0.4) is 0 Å². The van der Waals surface area contributed by atoms with E-state index in [0.717, 1.165) is 41.7 Å². The van der Waals surface area contributed by atoms with E-state index in [1.807, 2.05) is 12.1 Å². The molecule has 8 heteroatoms. The van der Waals surface area contributed by atoms with Gasteiger partial charge in [-0.2, -0.15) is 0 Å². The number of hydrogen-bond donors (Lipinski definition) is 2. The van der Waals surface area contributed by atoms with Crippen molar-refractivity contribution in [2.45, 2.75) is 16.3 Å². The number of carbonyl (C=O) groups is 1. The fourth-order valence-electron chi connectivity index (χ4n) is 3.92. The van der Waals surface area contributed by atoms with Crippen LogP contribution < -0.4 is 10.6 Å². The smallest absolute Gasteiger partial charge is 0.337 e. The van der Waals surface area contributed by atoms with E-state index in [1.165, 1.54) is 12.7 Å². The quantitative estimate of drug-likeness (QED) is 0.713. The van der Waals surface area contributed by atoms with Crippen molar-refractivity contribution in [3.8, 4) is 0 Å². The van der Waals surface area contributed by atoms with Gasteiger partial charge in [0.25, 0.3) is 0 Å². The number of ether oxygens (including phenoxy) is 1. The zero-order valence-electron chi connectivity index (χ0n) is 17.1. The molecule has 3 heterocycles. The Morgan fingerprint density at radius 3 is 2.94 bits per heavy atom. The zero-order chi connectivity index (χ0) is 21.2. The van der Waals surface area contributed by atoms with E-state index >= 15 is 0 Å². The van der Waals surface area contributed by atoms with Gasteiger partial charge in [-0.3, -0.25) is 0 Å². The number of benzene rings is 1. The molecular formula is C23H23N5O2S. The molecule has 0 spiro atoms. The van der Waals surface area contributed by atoms with Crippen molar-refractivity contribution in [3.05, 3.63) is 77.8 Å². The SMILES string of the molecule is COC(=O)c1ccc(C2=CN(CC3=CC4Nc5nccnc5SC4C=C3)CCN2)cc1. The van der Waals surface area contributed by atoms with Crippen molar-refractivity contribution in [1.29, 1.82) is 0 Å². The minimum absolute atomic E-state index is 0.214. The van der Waals surface area contributed by atoms with Crippen LogP contribution in [-0.4, -0.2) is 58.9 Å². The number of rotatable bonds is 4. The van der Waals surface area contributed by atoms with Gasteiger partial charge in [0.1, 0.15) is 5.03 Å². The molecule has 0 saturated heterocycles. The van der Waals surface area contributed by atoms with E-state index in [4.69, 9.17) is 4.74 Å². The van der Waals surface area contributed by atoms with Crippen molar-refractivity contribution >= 4 is 29.2 Å². The van der Waals surface area contributed by atoms with Gasteiger partial charge in [-0.25, -0.2) is 14.8 Å². The normalized spacial score (nSPS) is 21.6. The van der Waals surface area contributed by atoms with Gasteiger partial charge in [0.2, 0.25) is 0 Å². The second kappa shape index (κ2) is 8.47. The first-order chi connectivity index (χ1) is 15.2. The number of hydrogen-bond acceptors (Lipinski definition) is 8. The van der Waals surface area contributed by atoms with Gasteiger partial charge in [-0.15, -0.1) is 0 Å². The third-order valence-corrected chi connectivity index (χ3v) is 6.74. The highest BCUT2D eigenvalue weighted by atomic mass is 32.2. The van der Waals surface area contributed by atoms with Crippen LogP contribution in [0.15, 0.2) is 71.7 Å². The molecule has 1 aromatic heterocycles. The molecule has 2 atom stereocenters. The highest BCUT2D eigenvalue weighted by molar-refractivity contribution is 8.00. The van der Waals surface area contributed by atoms with Gasteiger partial charge in [-0.05, 0) is 23.3 Å². The Labute approximate surface area is 185 Å². The predicted molar refractivity (Wildman–Crippen MR) is 122 cm³/mol. The molecule has 0 fully saturated rings. The summed E-state index contributed by atoms with van der Waals surface area (Å²) in [6.45, 7) is 2.63. The van der Waals surface area contributed by atoms with Crippen molar-refractivity contribution in [3.63, 3.8) is 0 Å². The minimum atomic E-state index is -0.323. The Hall–Kier alpha value is -3.26. The van der Waals surface area contributed by atoms with Crippen LogP contribution >= 0.6 is 11.8 Å². The van der Waals surface area contributed by atoms with Crippen LogP contribution in [0.5, 0.6) is 0 Å². The molecule has 3 aliphatic rings. The molecule has 0 bridgehead atoms.